The molecule has 29 heavy (non-hydrogen) atoms. The summed E-state index contributed by atoms with van der Waals surface area (Å²) in [6.07, 6.45) is 2.79. The van der Waals surface area contributed by atoms with E-state index in [0.29, 0.717) is 12.1 Å². The molecule has 1 heterocycles. The van der Waals surface area contributed by atoms with Gasteiger partial charge in [-0.1, -0.05) is 84.9 Å². The predicted molar refractivity (Wildman–Crippen MR) is 114 cm³/mol. The Balaban J connectivity index is 1.61. The molecular weight excluding hydrogens is 358 g/mol. The summed E-state index contributed by atoms with van der Waals surface area (Å²) in [5.74, 6) is -1.00. The maximum Gasteiger partial charge on any atom is 0.238 e. The van der Waals surface area contributed by atoms with Gasteiger partial charge < -0.3 is 0 Å². The lowest BCUT2D eigenvalue weighted by Crippen LogP contribution is -2.31. The first-order valence-corrected chi connectivity index (χ1v) is 9.98. The molecule has 3 nitrogen and oxygen atoms in total. The molecule has 1 saturated heterocycles. The van der Waals surface area contributed by atoms with Crippen molar-refractivity contribution >= 4 is 23.1 Å². The molecule has 3 aromatic rings. The number of carbonyl (C=O) groups excluding carboxylic acids is 2. The SMILES string of the molecule is O=C1[C@H]2[C@@H](c3ccccc3)C=C(c3ccccc3)C[C@H]2C(=O)N1c1ccccc1. The minimum Gasteiger partial charge on any atom is -0.274 e. The van der Waals surface area contributed by atoms with Gasteiger partial charge in [0.25, 0.3) is 0 Å². The lowest BCUT2D eigenvalue weighted by molar-refractivity contribution is -0.122. The third-order valence-corrected chi connectivity index (χ3v) is 6.03. The van der Waals surface area contributed by atoms with Crippen molar-refractivity contribution in [1.82, 2.24) is 0 Å². The van der Waals surface area contributed by atoms with Gasteiger partial charge in [-0.15, -0.1) is 0 Å². The van der Waals surface area contributed by atoms with E-state index >= 15 is 0 Å². The van der Waals surface area contributed by atoms with E-state index in [1.54, 1.807) is 0 Å². The number of anilines is 1. The molecule has 0 unspecified atom stereocenters. The standard InChI is InChI=1S/C26H21NO2/c28-25-23-17-20(18-10-4-1-5-11-18)16-22(19-12-6-2-7-13-19)24(23)26(29)27(25)21-14-8-3-9-15-21/h1-16,22-24H,17H2/t22-,23-,24+/m1/s1. The van der Waals surface area contributed by atoms with Crippen LogP contribution in [0.3, 0.4) is 0 Å². The topological polar surface area (TPSA) is 37.4 Å². The smallest absolute Gasteiger partial charge is 0.238 e. The van der Waals surface area contributed by atoms with Gasteiger partial charge in [0.2, 0.25) is 11.8 Å². The molecule has 0 radical (unpaired) electrons. The molecule has 2 aliphatic rings. The maximum absolute atomic E-state index is 13.5. The number of amides is 2. The van der Waals surface area contributed by atoms with Crippen LogP contribution in [0.5, 0.6) is 0 Å². The summed E-state index contributed by atoms with van der Waals surface area (Å²) in [6, 6.07) is 29.5. The first-order valence-electron chi connectivity index (χ1n) is 9.98. The lowest BCUT2D eigenvalue weighted by Gasteiger charge is -2.30. The second-order valence-electron chi connectivity index (χ2n) is 7.68. The average molecular weight is 379 g/mol. The van der Waals surface area contributed by atoms with Gasteiger partial charge in [-0.2, -0.15) is 0 Å². The number of nitrogens with zero attached hydrogens (tertiary/aromatic N) is 1. The highest BCUT2D eigenvalue weighted by molar-refractivity contribution is 6.23. The molecule has 0 saturated carbocycles. The third kappa shape index (κ3) is 2.99. The number of fused-ring (bicyclic) bond motifs is 1. The summed E-state index contributed by atoms with van der Waals surface area (Å²) in [5.41, 5.74) is 3.98. The zero-order chi connectivity index (χ0) is 19.8. The largest absolute Gasteiger partial charge is 0.274 e. The minimum absolute atomic E-state index is 0.0892. The molecule has 0 bridgehead atoms. The quantitative estimate of drug-likeness (QED) is 0.596. The Morgan fingerprint density at radius 2 is 1.28 bits per heavy atom. The van der Waals surface area contributed by atoms with E-state index in [-0.39, 0.29) is 29.6 Å². The summed E-state index contributed by atoms with van der Waals surface area (Å²) >= 11 is 0. The fourth-order valence-electron chi connectivity index (χ4n) is 4.67. The normalized spacial score (nSPS) is 23.7. The van der Waals surface area contributed by atoms with E-state index in [0.717, 1.165) is 16.7 Å². The number of allylic oxidation sites excluding steroid dienone is 2. The van der Waals surface area contributed by atoms with E-state index in [9.17, 15) is 9.59 Å². The zero-order valence-corrected chi connectivity index (χ0v) is 15.9. The van der Waals surface area contributed by atoms with Crippen molar-refractivity contribution in [2.24, 2.45) is 11.8 Å². The number of hydrogen-bond acceptors (Lipinski definition) is 2. The fourth-order valence-corrected chi connectivity index (χ4v) is 4.67. The van der Waals surface area contributed by atoms with Gasteiger partial charge in [-0.3, -0.25) is 14.5 Å². The second-order valence-corrected chi connectivity index (χ2v) is 7.68. The Hall–Kier alpha value is -3.46. The average Bonchev–Trinajstić information content (AvgIpc) is 3.05. The highest BCUT2D eigenvalue weighted by Crippen LogP contribution is 2.48. The van der Waals surface area contributed by atoms with Gasteiger partial charge in [0.1, 0.15) is 0 Å². The number of carbonyl (C=O) groups is 2. The van der Waals surface area contributed by atoms with Crippen LogP contribution in [-0.2, 0) is 9.59 Å². The Bertz CT molecular complexity index is 1070. The van der Waals surface area contributed by atoms with Crippen LogP contribution in [0.25, 0.3) is 5.57 Å². The first-order chi connectivity index (χ1) is 14.2. The monoisotopic (exact) mass is 379 g/mol. The van der Waals surface area contributed by atoms with Gasteiger partial charge in [0.05, 0.1) is 17.5 Å². The molecule has 5 rings (SSSR count). The molecule has 3 aromatic carbocycles. The second kappa shape index (κ2) is 7.17. The summed E-state index contributed by atoms with van der Waals surface area (Å²) in [6.45, 7) is 0. The number of imide groups is 1. The van der Waals surface area contributed by atoms with Crippen molar-refractivity contribution < 1.29 is 9.59 Å². The number of rotatable bonds is 3. The van der Waals surface area contributed by atoms with Crippen LogP contribution < -0.4 is 4.90 Å². The molecule has 3 atom stereocenters. The van der Waals surface area contributed by atoms with E-state index in [1.165, 1.54) is 4.90 Å². The first kappa shape index (κ1) is 17.6. The van der Waals surface area contributed by atoms with Gasteiger partial charge in [0, 0.05) is 5.92 Å². The lowest BCUT2D eigenvalue weighted by atomic mass is 9.70. The summed E-state index contributed by atoms with van der Waals surface area (Å²) in [5, 5.41) is 0. The van der Waals surface area contributed by atoms with Gasteiger partial charge >= 0.3 is 0 Å². The number of hydrogen-bond donors (Lipinski definition) is 0. The molecule has 0 spiro atoms. The van der Waals surface area contributed by atoms with Gasteiger partial charge in [0.15, 0.2) is 0 Å². The fraction of sp³-hybridized carbons (Fsp3) is 0.154. The van der Waals surface area contributed by atoms with Crippen molar-refractivity contribution in [2.45, 2.75) is 12.3 Å². The number of para-hydroxylation sites is 1. The van der Waals surface area contributed by atoms with Crippen LogP contribution in [0, 0.1) is 11.8 Å². The Kier molecular flexibility index (Phi) is 4.36. The Morgan fingerprint density at radius 3 is 1.93 bits per heavy atom. The third-order valence-electron chi connectivity index (χ3n) is 6.03. The van der Waals surface area contributed by atoms with Crippen molar-refractivity contribution in [3.63, 3.8) is 0 Å². The Morgan fingerprint density at radius 1 is 0.690 bits per heavy atom. The molecule has 1 fully saturated rings. The van der Waals surface area contributed by atoms with Gasteiger partial charge in [-0.05, 0) is 35.3 Å². The maximum atomic E-state index is 13.5. The van der Waals surface area contributed by atoms with Crippen LogP contribution in [0.4, 0.5) is 5.69 Å². The molecule has 1 aliphatic heterocycles. The predicted octanol–water partition coefficient (Wildman–Crippen LogP) is 5.06. The number of benzene rings is 3. The van der Waals surface area contributed by atoms with Crippen molar-refractivity contribution in [3.05, 3.63) is 108 Å². The molecule has 0 aromatic heterocycles. The van der Waals surface area contributed by atoms with E-state index in [2.05, 4.69) is 30.3 Å². The summed E-state index contributed by atoms with van der Waals surface area (Å²) in [4.78, 5) is 28.2. The van der Waals surface area contributed by atoms with Gasteiger partial charge in [-0.25, -0.2) is 0 Å². The summed E-state index contributed by atoms with van der Waals surface area (Å²) < 4.78 is 0. The van der Waals surface area contributed by atoms with Crippen LogP contribution in [0.1, 0.15) is 23.5 Å². The molecular formula is C26H21NO2. The van der Waals surface area contributed by atoms with Crippen molar-refractivity contribution in [3.8, 4) is 0 Å². The molecule has 1 aliphatic carbocycles. The minimum atomic E-state index is -0.363. The van der Waals surface area contributed by atoms with E-state index in [4.69, 9.17) is 0 Å². The molecule has 2 amide bonds. The summed E-state index contributed by atoms with van der Waals surface area (Å²) in [7, 11) is 0. The van der Waals surface area contributed by atoms with Crippen molar-refractivity contribution in [2.75, 3.05) is 4.90 Å². The molecule has 142 valence electrons. The highest BCUT2D eigenvalue weighted by atomic mass is 16.2. The molecule has 0 N–H and O–H groups in total. The van der Waals surface area contributed by atoms with Crippen molar-refractivity contribution in [1.29, 1.82) is 0 Å². The van der Waals surface area contributed by atoms with Crippen LogP contribution in [0.15, 0.2) is 97.1 Å². The van der Waals surface area contributed by atoms with Crippen LogP contribution in [0.2, 0.25) is 0 Å². The Labute approximate surface area is 170 Å². The zero-order valence-electron chi connectivity index (χ0n) is 15.9. The van der Waals surface area contributed by atoms with Crippen LogP contribution >= 0.6 is 0 Å². The van der Waals surface area contributed by atoms with Crippen LogP contribution in [-0.4, -0.2) is 11.8 Å². The van der Waals surface area contributed by atoms with E-state index < -0.39 is 0 Å². The highest BCUT2D eigenvalue weighted by Gasteiger charge is 2.53. The van der Waals surface area contributed by atoms with E-state index in [1.807, 2.05) is 66.7 Å². The molecule has 3 heteroatoms.